The molecular weight excluding hydrogens is 409 g/mol. The van der Waals surface area contributed by atoms with E-state index in [-0.39, 0.29) is 18.8 Å². The Morgan fingerprint density at radius 2 is 1.83 bits per heavy atom. The molecule has 1 unspecified atom stereocenters. The zero-order valence-corrected chi connectivity index (χ0v) is 18.8. The Morgan fingerprint density at radius 1 is 1.17 bits per heavy atom. The van der Waals surface area contributed by atoms with Crippen LogP contribution >= 0.6 is 18.9 Å². The molecule has 9 heteroatoms. The molecular formula is C20H26N3O4PS. The summed E-state index contributed by atoms with van der Waals surface area (Å²) in [5.41, 5.74) is 3.56. The van der Waals surface area contributed by atoms with Crippen molar-refractivity contribution >= 4 is 29.1 Å². The number of thiophene rings is 1. The minimum Gasteiger partial charge on any atom is -0.307 e. The van der Waals surface area contributed by atoms with Crippen LogP contribution < -0.4 is 11.0 Å². The van der Waals surface area contributed by atoms with Crippen LogP contribution in [0.15, 0.2) is 41.2 Å². The minimum atomic E-state index is -3.61. The van der Waals surface area contributed by atoms with E-state index in [4.69, 9.17) is 9.05 Å². The van der Waals surface area contributed by atoms with Crippen molar-refractivity contribution in [3.05, 3.63) is 63.0 Å². The zero-order chi connectivity index (χ0) is 21.0. The van der Waals surface area contributed by atoms with Gasteiger partial charge in [0, 0.05) is 4.88 Å². The molecule has 156 valence electrons. The van der Waals surface area contributed by atoms with Crippen molar-refractivity contribution in [1.82, 2.24) is 9.66 Å². The summed E-state index contributed by atoms with van der Waals surface area (Å²) in [6.07, 6.45) is 0.837. The first-order valence-electron chi connectivity index (χ1n) is 9.65. The molecule has 0 amide bonds. The number of benzene rings is 1. The molecule has 0 aliphatic rings. The Bertz CT molecular complexity index is 1070. The van der Waals surface area contributed by atoms with Crippen molar-refractivity contribution in [3.63, 3.8) is 0 Å². The van der Waals surface area contributed by atoms with Crippen molar-refractivity contribution in [2.24, 2.45) is 0 Å². The van der Waals surface area contributed by atoms with Crippen LogP contribution in [-0.4, -0.2) is 22.9 Å². The molecule has 7 nitrogen and oxygen atoms in total. The second-order valence-electron chi connectivity index (χ2n) is 6.40. The van der Waals surface area contributed by atoms with Gasteiger partial charge in [0.25, 0.3) is 5.56 Å². The normalized spacial score (nSPS) is 13.0. The lowest BCUT2D eigenvalue weighted by Crippen LogP contribution is -2.34. The molecule has 0 spiro atoms. The lowest BCUT2D eigenvalue weighted by Gasteiger charge is -2.29. The van der Waals surface area contributed by atoms with Crippen LogP contribution in [-0.2, 0) is 20.0 Å². The van der Waals surface area contributed by atoms with E-state index in [2.05, 4.69) is 10.4 Å². The number of fused-ring (bicyclic) bond motifs is 1. The van der Waals surface area contributed by atoms with Crippen LogP contribution in [0.3, 0.4) is 0 Å². The van der Waals surface area contributed by atoms with Gasteiger partial charge >= 0.3 is 7.60 Å². The first kappa shape index (κ1) is 21.7. The Labute approximate surface area is 174 Å². The molecule has 1 atom stereocenters. The number of nitrogens with one attached hydrogen (secondary N) is 1. The molecule has 0 saturated carbocycles. The third-order valence-electron chi connectivity index (χ3n) is 4.43. The van der Waals surface area contributed by atoms with Gasteiger partial charge in [-0.15, -0.1) is 11.3 Å². The maximum absolute atomic E-state index is 13.6. The monoisotopic (exact) mass is 435 g/mol. The number of aromatic nitrogens is 2. The molecule has 0 aliphatic heterocycles. The third-order valence-corrected chi connectivity index (χ3v) is 7.89. The average Bonchev–Trinajstić information content (AvgIpc) is 3.12. The molecule has 0 bridgehead atoms. The highest BCUT2D eigenvalue weighted by Gasteiger charge is 2.38. The summed E-state index contributed by atoms with van der Waals surface area (Å²) in [5, 5.41) is 0.541. The van der Waals surface area contributed by atoms with Gasteiger partial charge in [0.1, 0.15) is 10.7 Å². The van der Waals surface area contributed by atoms with Gasteiger partial charge in [-0.2, -0.15) is 0 Å². The maximum atomic E-state index is 13.6. The summed E-state index contributed by atoms with van der Waals surface area (Å²) >= 11 is 1.51. The van der Waals surface area contributed by atoms with Gasteiger partial charge in [-0.3, -0.25) is 9.36 Å². The van der Waals surface area contributed by atoms with E-state index in [1.165, 1.54) is 16.0 Å². The molecule has 1 aromatic carbocycles. The van der Waals surface area contributed by atoms with E-state index < -0.39 is 13.4 Å². The molecule has 0 saturated heterocycles. The third kappa shape index (κ3) is 4.46. The first-order chi connectivity index (χ1) is 13.9. The van der Waals surface area contributed by atoms with Crippen molar-refractivity contribution in [2.45, 2.75) is 39.9 Å². The fraction of sp³-hybridized carbons (Fsp3) is 0.400. The van der Waals surface area contributed by atoms with Crippen LogP contribution in [0, 0.1) is 6.92 Å². The Hall–Kier alpha value is -1.99. The fourth-order valence-corrected chi connectivity index (χ4v) is 5.98. The molecule has 2 aromatic heterocycles. The standard InChI is InChI=1S/C20H26N3O4PS/c1-5-16-13-17-19(29-16)21-14(4)23(20(17)24)22-18(15-11-9-8-10-12-15)28(25,26-6-2)27-7-3/h8-13,18,22H,5-7H2,1-4H3. The molecule has 0 aliphatic carbocycles. The Kier molecular flexibility index (Phi) is 6.90. The van der Waals surface area contributed by atoms with Crippen molar-refractivity contribution in [3.8, 4) is 0 Å². The van der Waals surface area contributed by atoms with Crippen LogP contribution in [0.4, 0.5) is 0 Å². The van der Waals surface area contributed by atoms with E-state index in [0.29, 0.717) is 21.6 Å². The summed E-state index contributed by atoms with van der Waals surface area (Å²) in [4.78, 5) is 19.6. The molecule has 29 heavy (non-hydrogen) atoms. The van der Waals surface area contributed by atoms with Crippen LogP contribution in [0.5, 0.6) is 0 Å². The largest absolute Gasteiger partial charge is 0.358 e. The van der Waals surface area contributed by atoms with Crippen molar-refractivity contribution in [2.75, 3.05) is 18.6 Å². The lowest BCUT2D eigenvalue weighted by molar-refractivity contribution is 0.212. The van der Waals surface area contributed by atoms with E-state index in [1.54, 1.807) is 20.8 Å². The number of hydrogen-bond donors (Lipinski definition) is 1. The fourth-order valence-electron chi connectivity index (χ4n) is 3.09. The second kappa shape index (κ2) is 9.22. The molecule has 2 heterocycles. The maximum Gasteiger partial charge on any atom is 0.358 e. The predicted molar refractivity (Wildman–Crippen MR) is 117 cm³/mol. The van der Waals surface area contributed by atoms with E-state index in [1.807, 2.05) is 43.3 Å². The predicted octanol–water partition coefficient (Wildman–Crippen LogP) is 4.84. The molecule has 3 aromatic rings. The van der Waals surface area contributed by atoms with Crippen molar-refractivity contribution < 1.29 is 13.6 Å². The summed E-state index contributed by atoms with van der Waals surface area (Å²) in [7, 11) is -3.61. The molecule has 3 rings (SSSR count). The number of rotatable bonds is 9. The van der Waals surface area contributed by atoms with E-state index >= 15 is 0 Å². The second-order valence-corrected chi connectivity index (χ2v) is 9.63. The van der Waals surface area contributed by atoms with Crippen LogP contribution in [0.2, 0.25) is 0 Å². The van der Waals surface area contributed by atoms with Gasteiger partial charge in [0.05, 0.1) is 18.6 Å². The highest BCUT2D eigenvalue weighted by molar-refractivity contribution is 7.54. The van der Waals surface area contributed by atoms with Gasteiger partial charge < -0.3 is 14.5 Å². The number of hydrogen-bond acceptors (Lipinski definition) is 7. The Morgan fingerprint density at radius 3 is 2.41 bits per heavy atom. The summed E-state index contributed by atoms with van der Waals surface area (Å²) < 4.78 is 26.1. The molecule has 1 N–H and O–H groups in total. The molecule has 0 fully saturated rings. The summed E-state index contributed by atoms with van der Waals surface area (Å²) in [5.74, 6) is -0.379. The number of aryl methyl sites for hydroxylation is 2. The smallest absolute Gasteiger partial charge is 0.307 e. The Balaban J connectivity index is 2.13. The summed E-state index contributed by atoms with van der Waals surface area (Å²) in [6, 6.07) is 11.1. The van der Waals surface area contributed by atoms with Gasteiger partial charge in [0.15, 0.2) is 5.78 Å². The van der Waals surface area contributed by atoms with Gasteiger partial charge in [0.2, 0.25) is 0 Å². The topological polar surface area (TPSA) is 82.4 Å². The van der Waals surface area contributed by atoms with E-state index in [0.717, 1.165) is 11.3 Å². The number of nitrogens with zero attached hydrogens (tertiary/aromatic N) is 2. The average molecular weight is 435 g/mol. The lowest BCUT2D eigenvalue weighted by atomic mass is 10.2. The van der Waals surface area contributed by atoms with Gasteiger partial charge in [-0.25, -0.2) is 9.66 Å². The summed E-state index contributed by atoms with van der Waals surface area (Å²) in [6.45, 7) is 7.75. The van der Waals surface area contributed by atoms with Gasteiger partial charge in [-0.05, 0) is 38.8 Å². The zero-order valence-electron chi connectivity index (χ0n) is 17.0. The van der Waals surface area contributed by atoms with Crippen LogP contribution in [0.1, 0.15) is 42.8 Å². The highest BCUT2D eigenvalue weighted by atomic mass is 32.1. The van der Waals surface area contributed by atoms with Gasteiger partial charge in [-0.1, -0.05) is 37.3 Å². The highest BCUT2D eigenvalue weighted by Crippen LogP contribution is 2.60. The SMILES string of the molecule is CCOP(=O)(OCC)C(Nn1c(C)nc2sc(CC)cc2c1=O)c1ccccc1. The minimum absolute atomic E-state index is 0.220. The first-order valence-corrected chi connectivity index (χ1v) is 12.1. The molecule has 0 radical (unpaired) electrons. The van der Waals surface area contributed by atoms with E-state index in [9.17, 15) is 9.36 Å². The van der Waals surface area contributed by atoms with Crippen molar-refractivity contribution in [1.29, 1.82) is 0 Å². The van der Waals surface area contributed by atoms with Crippen LogP contribution in [0.25, 0.3) is 10.2 Å². The quantitative estimate of drug-likeness (QED) is 0.485.